The van der Waals surface area contributed by atoms with E-state index >= 15 is 0 Å². The Bertz CT molecular complexity index is 1280. The molecule has 2 aromatic heterocycles. The summed E-state index contributed by atoms with van der Waals surface area (Å²) >= 11 is 0. The van der Waals surface area contributed by atoms with Crippen molar-refractivity contribution in [1.29, 1.82) is 0 Å². The molecule has 4 rings (SSSR count). The highest BCUT2D eigenvalue weighted by Crippen LogP contribution is 2.32. The third-order valence-corrected chi connectivity index (χ3v) is 6.03. The maximum absolute atomic E-state index is 13.9. The maximum Gasteiger partial charge on any atom is 0.451 e. The first kappa shape index (κ1) is 27.1. The van der Waals surface area contributed by atoms with Crippen LogP contribution in [0.15, 0.2) is 36.7 Å². The Morgan fingerprint density at radius 2 is 1.84 bits per heavy atom. The summed E-state index contributed by atoms with van der Waals surface area (Å²) in [6, 6.07) is 3.10. The number of nitrogens with zero attached hydrogens (tertiary/aromatic N) is 5. The van der Waals surface area contributed by atoms with E-state index in [1.165, 1.54) is 17.0 Å². The molecule has 1 atom stereocenters. The first-order chi connectivity index (χ1) is 18.0. The molecule has 1 saturated heterocycles. The van der Waals surface area contributed by atoms with E-state index in [0.29, 0.717) is 43.0 Å². The molecule has 9 nitrogen and oxygen atoms in total. The van der Waals surface area contributed by atoms with Gasteiger partial charge in [-0.25, -0.2) is 28.5 Å². The molecule has 0 spiro atoms. The summed E-state index contributed by atoms with van der Waals surface area (Å²) in [5.41, 5.74) is 6.99. The van der Waals surface area contributed by atoms with Crippen LogP contribution in [-0.4, -0.2) is 50.6 Å². The molecule has 1 aliphatic heterocycles. The van der Waals surface area contributed by atoms with Crippen LogP contribution in [0.2, 0.25) is 0 Å². The van der Waals surface area contributed by atoms with E-state index in [1.807, 2.05) is 0 Å². The summed E-state index contributed by atoms with van der Waals surface area (Å²) in [4.78, 5) is 29.3. The van der Waals surface area contributed by atoms with Crippen LogP contribution < -0.4 is 15.8 Å². The molecule has 0 saturated carbocycles. The number of carbonyl (C=O) groups excluding carboxylic acids is 1. The minimum Gasteiger partial charge on any atom is -0.476 e. The Kier molecular flexibility index (Phi) is 7.99. The van der Waals surface area contributed by atoms with Crippen LogP contribution >= 0.6 is 0 Å². The Morgan fingerprint density at radius 1 is 1.16 bits per heavy atom. The number of nitrogens with one attached hydrogen (secondary N) is 1. The summed E-state index contributed by atoms with van der Waals surface area (Å²) in [5.74, 6) is -2.95. The van der Waals surface area contributed by atoms with Gasteiger partial charge in [-0.2, -0.15) is 18.2 Å². The number of para-hydroxylation sites is 1. The van der Waals surface area contributed by atoms with Crippen molar-refractivity contribution in [2.75, 3.05) is 25.0 Å². The number of hydrogen-bond acceptors (Lipinski definition) is 7. The van der Waals surface area contributed by atoms with Gasteiger partial charge < -0.3 is 20.7 Å². The number of benzene rings is 1. The van der Waals surface area contributed by atoms with Crippen LogP contribution in [0.25, 0.3) is 0 Å². The van der Waals surface area contributed by atoms with Gasteiger partial charge >= 0.3 is 12.2 Å². The Morgan fingerprint density at radius 3 is 2.50 bits per heavy atom. The number of aromatic nitrogens is 4. The molecule has 3 N–H and O–H groups in total. The van der Waals surface area contributed by atoms with Crippen LogP contribution in [0, 0.1) is 18.6 Å². The number of alkyl halides is 3. The quantitative estimate of drug-likeness (QED) is 0.449. The van der Waals surface area contributed by atoms with Gasteiger partial charge in [0.1, 0.15) is 29.8 Å². The van der Waals surface area contributed by atoms with E-state index in [9.17, 15) is 26.7 Å². The van der Waals surface area contributed by atoms with Crippen molar-refractivity contribution in [1.82, 2.24) is 24.8 Å². The van der Waals surface area contributed by atoms with Gasteiger partial charge in [0.25, 0.3) is 0 Å². The van der Waals surface area contributed by atoms with Crippen molar-refractivity contribution in [3.63, 3.8) is 0 Å². The first-order valence-electron chi connectivity index (χ1n) is 11.6. The van der Waals surface area contributed by atoms with Gasteiger partial charge in [-0.15, -0.1) is 0 Å². The van der Waals surface area contributed by atoms with Crippen LogP contribution in [-0.2, 0) is 6.18 Å². The summed E-state index contributed by atoms with van der Waals surface area (Å²) in [6.07, 6.45) is -1.24. The summed E-state index contributed by atoms with van der Waals surface area (Å²) in [5, 5.41) is 2.28. The van der Waals surface area contributed by atoms with Gasteiger partial charge in [0, 0.05) is 43.0 Å². The number of hydrogen-bond donors (Lipinski definition) is 2. The first-order valence-corrected chi connectivity index (χ1v) is 11.6. The lowest BCUT2D eigenvalue weighted by Crippen LogP contribution is -2.41. The largest absolute Gasteiger partial charge is 0.476 e. The van der Waals surface area contributed by atoms with E-state index in [2.05, 4.69) is 25.3 Å². The molecule has 202 valence electrons. The number of rotatable bonds is 6. The number of likely N-dealkylation sites (tertiary alicyclic amines) is 1. The molecular formula is C24H24F5N7O2. The van der Waals surface area contributed by atoms with Gasteiger partial charge in [-0.05, 0) is 31.9 Å². The molecule has 3 heterocycles. The van der Waals surface area contributed by atoms with Gasteiger partial charge in [-0.3, -0.25) is 0 Å². The van der Waals surface area contributed by atoms with E-state index in [0.717, 1.165) is 18.3 Å². The van der Waals surface area contributed by atoms with E-state index < -0.39 is 41.4 Å². The topological polar surface area (TPSA) is 119 Å². The maximum atomic E-state index is 13.9. The molecule has 3 aromatic rings. The third kappa shape index (κ3) is 6.30. The smallest absolute Gasteiger partial charge is 0.451 e. The lowest BCUT2D eigenvalue weighted by molar-refractivity contribution is -0.145. The van der Waals surface area contributed by atoms with Crippen molar-refractivity contribution < 1.29 is 31.5 Å². The molecule has 38 heavy (non-hydrogen) atoms. The zero-order valence-corrected chi connectivity index (χ0v) is 20.2. The number of halogens is 5. The zero-order valence-electron chi connectivity index (χ0n) is 20.2. The lowest BCUT2D eigenvalue weighted by Gasteiger charge is -2.33. The predicted molar refractivity (Wildman–Crippen MR) is 125 cm³/mol. The molecule has 1 unspecified atom stereocenters. The number of ether oxygens (including phenoxy) is 1. The number of anilines is 1. The molecule has 0 bridgehead atoms. The van der Waals surface area contributed by atoms with E-state index in [1.54, 1.807) is 13.1 Å². The lowest BCUT2D eigenvalue weighted by atomic mass is 9.89. The molecule has 1 aliphatic rings. The van der Waals surface area contributed by atoms with Gasteiger partial charge in [0.05, 0.1) is 11.7 Å². The number of piperidine rings is 1. The number of urea groups is 1. The fraction of sp³-hybridized carbons (Fsp3) is 0.375. The summed E-state index contributed by atoms with van der Waals surface area (Å²) in [7, 11) is 0. The summed E-state index contributed by atoms with van der Waals surface area (Å²) < 4.78 is 71.8. The minimum atomic E-state index is -4.71. The fourth-order valence-corrected chi connectivity index (χ4v) is 4.09. The van der Waals surface area contributed by atoms with Gasteiger partial charge in [-0.1, -0.05) is 6.07 Å². The number of carbonyl (C=O) groups is 1. The molecule has 1 fully saturated rings. The second-order valence-electron chi connectivity index (χ2n) is 8.68. The van der Waals surface area contributed by atoms with Crippen LogP contribution in [0.5, 0.6) is 5.88 Å². The number of aryl methyl sites for hydroxylation is 1. The number of nitrogens with two attached hydrogens (primary N) is 1. The van der Waals surface area contributed by atoms with Crippen molar-refractivity contribution >= 4 is 11.7 Å². The average molecular weight is 537 g/mol. The molecule has 14 heteroatoms. The Balaban J connectivity index is 1.41. The highest BCUT2D eigenvalue weighted by Gasteiger charge is 2.35. The average Bonchev–Trinajstić information content (AvgIpc) is 2.89. The Labute approximate surface area is 214 Å². The second kappa shape index (κ2) is 11.2. The molecule has 1 aromatic carbocycles. The highest BCUT2D eigenvalue weighted by molar-refractivity contribution is 5.89. The van der Waals surface area contributed by atoms with Crippen LogP contribution in [0.1, 0.15) is 47.7 Å². The molecule has 0 aliphatic carbocycles. The fourth-order valence-electron chi connectivity index (χ4n) is 4.09. The highest BCUT2D eigenvalue weighted by atomic mass is 19.4. The second-order valence-corrected chi connectivity index (χ2v) is 8.68. The SMILES string of the molecule is Cc1ncc(C(N)COc2ccnc(C(F)(F)F)n2)c(C2CCN(C(=O)Nc3c(F)cccc3F)CC2)n1. The van der Waals surface area contributed by atoms with Gasteiger partial charge in [0.2, 0.25) is 11.7 Å². The standard InChI is InChI=1S/C24H24F5N7O2/c1-13-32-11-15(18(30)12-38-19-5-8-31-22(34-19)24(27,28)29)20(33-13)14-6-9-36(10-7-14)23(37)35-21-16(25)3-2-4-17(21)26/h2-5,8,11,14,18H,6-7,9-10,12,30H2,1H3,(H,35,37). The Hall–Kier alpha value is -3.94. The molecular weight excluding hydrogens is 513 g/mol. The minimum absolute atomic E-state index is 0.108. The molecule has 2 amide bonds. The van der Waals surface area contributed by atoms with Crippen LogP contribution in [0.4, 0.5) is 32.4 Å². The van der Waals surface area contributed by atoms with E-state index in [4.69, 9.17) is 10.5 Å². The van der Waals surface area contributed by atoms with Crippen molar-refractivity contribution in [3.8, 4) is 5.88 Å². The third-order valence-electron chi connectivity index (χ3n) is 6.03. The molecule has 0 radical (unpaired) electrons. The van der Waals surface area contributed by atoms with Crippen molar-refractivity contribution in [3.05, 3.63) is 71.2 Å². The predicted octanol–water partition coefficient (Wildman–Crippen LogP) is 4.36. The monoisotopic (exact) mass is 537 g/mol. The van der Waals surface area contributed by atoms with E-state index in [-0.39, 0.29) is 18.4 Å². The normalized spacial score (nSPS) is 15.3. The number of amides is 2. The summed E-state index contributed by atoms with van der Waals surface area (Å²) in [6.45, 7) is 2.10. The van der Waals surface area contributed by atoms with Gasteiger partial charge in [0.15, 0.2) is 0 Å². The zero-order chi connectivity index (χ0) is 27.4. The van der Waals surface area contributed by atoms with Crippen molar-refractivity contribution in [2.45, 2.75) is 37.9 Å². The van der Waals surface area contributed by atoms with Crippen molar-refractivity contribution in [2.24, 2.45) is 5.73 Å². The van der Waals surface area contributed by atoms with Crippen LogP contribution in [0.3, 0.4) is 0 Å².